The van der Waals surface area contributed by atoms with E-state index in [1.165, 1.54) is 34.0 Å². The molecule has 0 aliphatic rings. The van der Waals surface area contributed by atoms with Gasteiger partial charge in [0, 0.05) is 4.88 Å². The minimum atomic E-state index is -0.362. The van der Waals surface area contributed by atoms with Crippen molar-refractivity contribution >= 4 is 17.3 Å². The summed E-state index contributed by atoms with van der Waals surface area (Å²) < 4.78 is 7.63. The number of carbonyl (C=O) groups is 1. The first kappa shape index (κ1) is 14.5. The molecule has 0 bridgehead atoms. The molecule has 0 aliphatic heterocycles. The second-order valence-electron chi connectivity index (χ2n) is 5.38. The molecule has 0 unspecified atom stereocenters. The third-order valence-electron chi connectivity index (χ3n) is 2.74. The number of aromatic nitrogens is 3. The molecule has 0 amide bonds. The minimum Gasteiger partial charge on any atom is -0.465 e. The molecule has 2 aromatic rings. The van der Waals surface area contributed by atoms with Gasteiger partial charge < -0.3 is 4.74 Å². The average molecular weight is 295 g/mol. The predicted octanol–water partition coefficient (Wildman–Crippen LogP) is 1.70. The van der Waals surface area contributed by atoms with Crippen LogP contribution in [0.25, 0.3) is 0 Å². The van der Waals surface area contributed by atoms with E-state index < -0.39 is 0 Å². The van der Waals surface area contributed by atoms with E-state index in [0.29, 0.717) is 11.4 Å². The van der Waals surface area contributed by atoms with Gasteiger partial charge >= 0.3 is 11.7 Å². The molecule has 0 saturated carbocycles. The summed E-state index contributed by atoms with van der Waals surface area (Å²) in [5, 5.41) is 4.12. The summed E-state index contributed by atoms with van der Waals surface area (Å²) in [4.78, 5) is 25.0. The number of esters is 1. The highest BCUT2D eigenvalue weighted by Crippen LogP contribution is 2.18. The number of rotatable bonds is 3. The van der Waals surface area contributed by atoms with Crippen molar-refractivity contribution in [2.24, 2.45) is 0 Å². The third-order valence-corrected chi connectivity index (χ3v) is 3.79. The standard InChI is InChI=1S/C13H17N3O3S/c1-13(2,3)16-12(18)15(8-14-16)7-9-5-6-10(20-9)11(17)19-4/h5-6,8H,7H2,1-4H3. The number of hydrogen-bond acceptors (Lipinski definition) is 5. The van der Waals surface area contributed by atoms with E-state index in [-0.39, 0.29) is 17.2 Å². The smallest absolute Gasteiger partial charge is 0.348 e. The molecule has 2 aromatic heterocycles. The number of hydrogen-bond donors (Lipinski definition) is 0. The first-order chi connectivity index (χ1) is 9.32. The zero-order valence-electron chi connectivity index (χ0n) is 11.9. The van der Waals surface area contributed by atoms with Crippen molar-refractivity contribution in [3.63, 3.8) is 0 Å². The summed E-state index contributed by atoms with van der Waals surface area (Å²) >= 11 is 1.31. The quantitative estimate of drug-likeness (QED) is 0.808. The second kappa shape index (κ2) is 5.24. The minimum absolute atomic E-state index is 0.162. The van der Waals surface area contributed by atoms with E-state index in [9.17, 15) is 9.59 Å². The molecule has 0 aliphatic carbocycles. The van der Waals surface area contributed by atoms with Gasteiger partial charge in [-0.3, -0.25) is 4.57 Å². The highest BCUT2D eigenvalue weighted by atomic mass is 32.1. The van der Waals surface area contributed by atoms with Gasteiger partial charge in [-0.1, -0.05) is 0 Å². The van der Waals surface area contributed by atoms with Crippen LogP contribution >= 0.6 is 11.3 Å². The Morgan fingerprint density at radius 3 is 2.65 bits per heavy atom. The van der Waals surface area contributed by atoms with Crippen LogP contribution in [0.15, 0.2) is 23.3 Å². The zero-order chi connectivity index (χ0) is 14.9. The van der Waals surface area contributed by atoms with Crippen molar-refractivity contribution in [1.82, 2.24) is 14.3 Å². The lowest BCUT2D eigenvalue weighted by molar-refractivity contribution is 0.0606. The maximum absolute atomic E-state index is 12.2. The fourth-order valence-corrected chi connectivity index (χ4v) is 2.67. The van der Waals surface area contributed by atoms with Crippen LogP contribution in [-0.2, 0) is 16.8 Å². The van der Waals surface area contributed by atoms with Crippen molar-refractivity contribution in [3.8, 4) is 0 Å². The number of carbonyl (C=O) groups excluding carboxylic acids is 1. The molecule has 6 nitrogen and oxygen atoms in total. The number of thiophene rings is 1. The molecule has 7 heteroatoms. The van der Waals surface area contributed by atoms with Gasteiger partial charge in [-0.25, -0.2) is 14.3 Å². The van der Waals surface area contributed by atoms with Crippen molar-refractivity contribution in [2.45, 2.75) is 32.9 Å². The van der Waals surface area contributed by atoms with Crippen LogP contribution in [0.1, 0.15) is 35.3 Å². The van der Waals surface area contributed by atoms with Gasteiger partial charge in [0.2, 0.25) is 0 Å². The molecule has 2 heterocycles. The SMILES string of the molecule is COC(=O)c1ccc(Cn2cnn(C(C)(C)C)c2=O)s1. The molecule has 0 spiro atoms. The maximum Gasteiger partial charge on any atom is 0.348 e. The monoisotopic (exact) mass is 295 g/mol. The number of nitrogens with zero attached hydrogens (tertiary/aromatic N) is 3. The Morgan fingerprint density at radius 1 is 1.40 bits per heavy atom. The molecule has 20 heavy (non-hydrogen) atoms. The van der Waals surface area contributed by atoms with Crippen LogP contribution in [-0.4, -0.2) is 27.4 Å². The van der Waals surface area contributed by atoms with Crippen LogP contribution in [0.5, 0.6) is 0 Å². The van der Waals surface area contributed by atoms with E-state index in [0.717, 1.165) is 4.88 Å². The van der Waals surface area contributed by atoms with Crippen LogP contribution < -0.4 is 5.69 Å². The van der Waals surface area contributed by atoms with E-state index in [2.05, 4.69) is 9.84 Å². The van der Waals surface area contributed by atoms with Crippen LogP contribution in [0.3, 0.4) is 0 Å². The van der Waals surface area contributed by atoms with E-state index in [1.807, 2.05) is 26.8 Å². The molecule has 108 valence electrons. The Bertz CT molecular complexity index is 676. The molecular weight excluding hydrogens is 278 g/mol. The molecule has 0 aromatic carbocycles. The van der Waals surface area contributed by atoms with Crippen LogP contribution in [0.4, 0.5) is 0 Å². The molecule has 0 N–H and O–H groups in total. The van der Waals surface area contributed by atoms with Crippen molar-refractivity contribution in [2.75, 3.05) is 7.11 Å². The van der Waals surface area contributed by atoms with Gasteiger partial charge in [0.05, 0.1) is 19.2 Å². The van der Waals surface area contributed by atoms with Crippen LogP contribution in [0.2, 0.25) is 0 Å². The Labute approximate surface area is 120 Å². The molecular formula is C13H17N3O3S. The predicted molar refractivity (Wildman–Crippen MR) is 76.2 cm³/mol. The first-order valence-corrected chi connectivity index (χ1v) is 6.96. The lowest BCUT2D eigenvalue weighted by Crippen LogP contribution is -2.35. The van der Waals surface area contributed by atoms with Crippen LogP contribution in [0, 0.1) is 0 Å². The summed E-state index contributed by atoms with van der Waals surface area (Å²) in [6, 6.07) is 3.52. The first-order valence-electron chi connectivity index (χ1n) is 6.15. The topological polar surface area (TPSA) is 66.1 Å². The molecule has 2 rings (SSSR count). The summed E-state index contributed by atoms with van der Waals surface area (Å²) in [5.74, 6) is -0.362. The number of methoxy groups -OCH3 is 1. The molecule has 0 fully saturated rings. The summed E-state index contributed by atoms with van der Waals surface area (Å²) in [5.41, 5.74) is -0.514. The van der Waals surface area contributed by atoms with E-state index in [4.69, 9.17) is 0 Å². The normalized spacial score (nSPS) is 11.6. The highest BCUT2D eigenvalue weighted by Gasteiger charge is 2.19. The summed E-state index contributed by atoms with van der Waals surface area (Å²) in [6.45, 7) is 6.17. The molecule has 0 radical (unpaired) electrons. The van der Waals surface area contributed by atoms with Gasteiger partial charge in [0.1, 0.15) is 11.2 Å². The van der Waals surface area contributed by atoms with Gasteiger partial charge in [-0.2, -0.15) is 5.10 Å². The van der Waals surface area contributed by atoms with E-state index >= 15 is 0 Å². The summed E-state index contributed by atoms with van der Waals surface area (Å²) in [6.07, 6.45) is 1.52. The van der Waals surface area contributed by atoms with Crippen molar-refractivity contribution in [3.05, 3.63) is 38.7 Å². The lowest BCUT2D eigenvalue weighted by atomic mass is 10.1. The van der Waals surface area contributed by atoms with E-state index in [1.54, 1.807) is 6.07 Å². The largest absolute Gasteiger partial charge is 0.465 e. The summed E-state index contributed by atoms with van der Waals surface area (Å²) in [7, 11) is 1.35. The Hall–Kier alpha value is -1.89. The van der Waals surface area contributed by atoms with Gasteiger partial charge in [0.25, 0.3) is 0 Å². The average Bonchev–Trinajstić information content (AvgIpc) is 2.96. The maximum atomic E-state index is 12.2. The van der Waals surface area contributed by atoms with Gasteiger partial charge in [0.15, 0.2) is 0 Å². The second-order valence-corrected chi connectivity index (χ2v) is 6.55. The van der Waals surface area contributed by atoms with Gasteiger partial charge in [-0.05, 0) is 32.9 Å². The molecule has 0 saturated heterocycles. The zero-order valence-corrected chi connectivity index (χ0v) is 12.7. The Balaban J connectivity index is 2.23. The van der Waals surface area contributed by atoms with Crippen molar-refractivity contribution in [1.29, 1.82) is 0 Å². The number of ether oxygens (including phenoxy) is 1. The fourth-order valence-electron chi connectivity index (χ4n) is 1.74. The lowest BCUT2D eigenvalue weighted by Gasteiger charge is -2.16. The third kappa shape index (κ3) is 2.82. The highest BCUT2D eigenvalue weighted by molar-refractivity contribution is 7.13. The Kier molecular flexibility index (Phi) is 3.80. The Morgan fingerprint density at radius 2 is 2.10 bits per heavy atom. The van der Waals surface area contributed by atoms with Crippen molar-refractivity contribution < 1.29 is 9.53 Å². The van der Waals surface area contributed by atoms with Gasteiger partial charge in [-0.15, -0.1) is 11.3 Å². The fraction of sp³-hybridized carbons (Fsp3) is 0.462. The molecule has 0 atom stereocenters.